The normalized spacial score (nSPS) is 11.9. The summed E-state index contributed by atoms with van der Waals surface area (Å²) < 4.78 is 8.54. The fourth-order valence-corrected chi connectivity index (χ4v) is 6.62. The molecule has 36 heavy (non-hydrogen) atoms. The molecule has 3 heterocycles. The molecule has 0 bridgehead atoms. The summed E-state index contributed by atoms with van der Waals surface area (Å²) in [7, 11) is 0. The molecule has 0 fully saturated rings. The van der Waals surface area contributed by atoms with E-state index in [1.807, 2.05) is 35.7 Å². The van der Waals surface area contributed by atoms with Gasteiger partial charge < -0.3 is 4.42 Å². The van der Waals surface area contributed by atoms with Gasteiger partial charge in [-0.2, -0.15) is 0 Å². The molecule has 0 saturated carbocycles. The summed E-state index contributed by atoms with van der Waals surface area (Å²) in [6.45, 7) is 0. The Labute approximate surface area is 211 Å². The van der Waals surface area contributed by atoms with E-state index in [1.54, 1.807) is 6.26 Å². The number of fused-ring (bicyclic) bond motifs is 11. The van der Waals surface area contributed by atoms with E-state index in [4.69, 9.17) is 14.4 Å². The zero-order chi connectivity index (χ0) is 23.6. The Kier molecular flexibility index (Phi) is 4.10. The van der Waals surface area contributed by atoms with Gasteiger partial charge in [0.05, 0.1) is 29.5 Å². The van der Waals surface area contributed by atoms with Crippen molar-refractivity contribution < 1.29 is 4.42 Å². The molecule has 0 radical (unpaired) electrons. The molecule has 0 unspecified atom stereocenters. The highest BCUT2D eigenvalue weighted by atomic mass is 32.1. The van der Waals surface area contributed by atoms with Crippen molar-refractivity contribution in [1.82, 2.24) is 9.97 Å². The summed E-state index contributed by atoms with van der Waals surface area (Å²) in [6.07, 6.45) is 3.69. The SMILES string of the molecule is c1ccc2c(c1)-c1ccoc1-c1ccccc1-c1ncc(-c3cccc4c3sc3ccccc34)nc1-2. The molecule has 3 nitrogen and oxygen atoms in total. The van der Waals surface area contributed by atoms with Gasteiger partial charge in [-0.05, 0) is 17.7 Å². The maximum absolute atomic E-state index is 6.01. The maximum atomic E-state index is 6.01. The van der Waals surface area contributed by atoms with E-state index >= 15 is 0 Å². The summed E-state index contributed by atoms with van der Waals surface area (Å²) in [5.74, 6) is 0.865. The Bertz CT molecular complexity index is 1960. The van der Waals surface area contributed by atoms with Crippen molar-refractivity contribution >= 4 is 31.5 Å². The van der Waals surface area contributed by atoms with Gasteiger partial charge in [-0.25, -0.2) is 4.98 Å². The van der Waals surface area contributed by atoms with Crippen LogP contribution in [0.25, 0.3) is 76.4 Å². The standard InChI is InChI=1S/C32H18N2OS/c1-2-10-21-19(8-1)24-16-17-35-31(24)23-12-4-3-11-22(23)29-30(21)34-27(18-33-29)26-14-7-13-25-20-9-5-6-15-28(20)36-32(25)26/h1-18H. The lowest BCUT2D eigenvalue weighted by Gasteiger charge is -2.19. The van der Waals surface area contributed by atoms with Crippen molar-refractivity contribution in [3.63, 3.8) is 0 Å². The summed E-state index contributed by atoms with van der Waals surface area (Å²) >= 11 is 1.81. The van der Waals surface area contributed by atoms with Crippen molar-refractivity contribution in [3.8, 4) is 56.2 Å². The van der Waals surface area contributed by atoms with E-state index in [2.05, 4.69) is 78.9 Å². The highest BCUT2D eigenvalue weighted by Gasteiger charge is 2.26. The Morgan fingerprint density at radius 1 is 0.556 bits per heavy atom. The van der Waals surface area contributed by atoms with Gasteiger partial charge in [-0.3, -0.25) is 4.98 Å². The van der Waals surface area contributed by atoms with E-state index in [0.717, 1.165) is 56.2 Å². The van der Waals surface area contributed by atoms with Crippen LogP contribution in [0.3, 0.4) is 0 Å². The Morgan fingerprint density at radius 2 is 1.25 bits per heavy atom. The second-order valence-electron chi connectivity index (χ2n) is 8.99. The van der Waals surface area contributed by atoms with Gasteiger partial charge in [0.1, 0.15) is 5.76 Å². The molecule has 0 spiro atoms. The molecule has 0 atom stereocenters. The van der Waals surface area contributed by atoms with Crippen LogP contribution in [0.2, 0.25) is 0 Å². The zero-order valence-corrected chi connectivity index (χ0v) is 19.9. The third kappa shape index (κ3) is 2.73. The lowest BCUT2D eigenvalue weighted by molar-refractivity contribution is 0.583. The van der Waals surface area contributed by atoms with Crippen LogP contribution in [-0.2, 0) is 0 Å². The molecule has 0 N–H and O–H groups in total. The quantitative estimate of drug-likeness (QED) is 0.236. The van der Waals surface area contributed by atoms with E-state index < -0.39 is 0 Å². The molecule has 1 aliphatic rings. The number of hydrogen-bond acceptors (Lipinski definition) is 4. The summed E-state index contributed by atoms with van der Waals surface area (Å²) in [5.41, 5.74) is 9.03. The summed E-state index contributed by atoms with van der Waals surface area (Å²) in [4.78, 5) is 10.4. The van der Waals surface area contributed by atoms with Gasteiger partial charge in [-0.1, -0.05) is 84.9 Å². The largest absolute Gasteiger partial charge is 0.464 e. The molecular formula is C32H18N2OS. The average molecular weight is 479 g/mol. The van der Waals surface area contributed by atoms with Crippen LogP contribution < -0.4 is 0 Å². The molecule has 0 amide bonds. The predicted octanol–water partition coefficient (Wildman–Crippen LogP) is 9.09. The first kappa shape index (κ1) is 19.7. The fourth-order valence-electron chi connectivity index (χ4n) is 5.39. The number of benzene rings is 4. The number of aromatic nitrogens is 2. The molecule has 1 aliphatic carbocycles. The zero-order valence-electron chi connectivity index (χ0n) is 19.1. The summed E-state index contributed by atoms with van der Waals surface area (Å²) in [6, 6.07) is 33.8. The number of nitrogens with zero attached hydrogens (tertiary/aromatic N) is 2. The second kappa shape index (κ2) is 7.48. The number of rotatable bonds is 1. The predicted molar refractivity (Wildman–Crippen MR) is 148 cm³/mol. The van der Waals surface area contributed by atoms with Crippen molar-refractivity contribution in [2.24, 2.45) is 0 Å². The number of thiophene rings is 1. The molecule has 7 aromatic rings. The molecular weight excluding hydrogens is 460 g/mol. The van der Waals surface area contributed by atoms with Gasteiger partial charge in [0.2, 0.25) is 0 Å². The molecule has 0 saturated heterocycles. The molecule has 3 aromatic heterocycles. The third-order valence-corrected chi connectivity index (χ3v) is 8.24. The lowest BCUT2D eigenvalue weighted by Crippen LogP contribution is -2.01. The topological polar surface area (TPSA) is 38.9 Å². The van der Waals surface area contributed by atoms with Gasteiger partial charge in [0, 0.05) is 48.0 Å². The molecule has 168 valence electrons. The first-order valence-corrected chi connectivity index (χ1v) is 12.7. The minimum atomic E-state index is 0.865. The van der Waals surface area contributed by atoms with Crippen molar-refractivity contribution in [3.05, 3.63) is 110 Å². The minimum Gasteiger partial charge on any atom is -0.464 e. The smallest absolute Gasteiger partial charge is 0.142 e. The maximum Gasteiger partial charge on any atom is 0.142 e. The van der Waals surface area contributed by atoms with Crippen LogP contribution in [0.4, 0.5) is 0 Å². The number of furan rings is 1. The van der Waals surface area contributed by atoms with Crippen LogP contribution in [0, 0.1) is 0 Å². The van der Waals surface area contributed by atoms with E-state index in [0.29, 0.717) is 0 Å². The Morgan fingerprint density at radius 3 is 2.14 bits per heavy atom. The van der Waals surface area contributed by atoms with Gasteiger partial charge >= 0.3 is 0 Å². The van der Waals surface area contributed by atoms with Crippen LogP contribution >= 0.6 is 11.3 Å². The molecule has 4 heteroatoms. The van der Waals surface area contributed by atoms with Crippen LogP contribution in [0.15, 0.2) is 114 Å². The second-order valence-corrected chi connectivity index (χ2v) is 10.0. The molecule has 4 aromatic carbocycles. The first-order chi connectivity index (χ1) is 17.9. The van der Waals surface area contributed by atoms with Crippen LogP contribution in [0.5, 0.6) is 0 Å². The Balaban J connectivity index is 1.45. The van der Waals surface area contributed by atoms with E-state index in [1.165, 1.54) is 20.2 Å². The van der Waals surface area contributed by atoms with Crippen molar-refractivity contribution in [2.75, 3.05) is 0 Å². The van der Waals surface area contributed by atoms with Gasteiger partial charge in [0.25, 0.3) is 0 Å². The third-order valence-electron chi connectivity index (χ3n) is 7.02. The lowest BCUT2D eigenvalue weighted by atomic mass is 9.88. The van der Waals surface area contributed by atoms with Gasteiger partial charge in [-0.15, -0.1) is 11.3 Å². The van der Waals surface area contributed by atoms with Crippen molar-refractivity contribution in [1.29, 1.82) is 0 Å². The first-order valence-electron chi connectivity index (χ1n) is 11.9. The fraction of sp³-hybridized carbons (Fsp3) is 0. The number of hydrogen-bond donors (Lipinski definition) is 0. The van der Waals surface area contributed by atoms with Gasteiger partial charge in [0.15, 0.2) is 0 Å². The highest BCUT2D eigenvalue weighted by Crippen LogP contribution is 2.47. The molecule has 0 aliphatic heterocycles. The van der Waals surface area contributed by atoms with Crippen molar-refractivity contribution in [2.45, 2.75) is 0 Å². The minimum absolute atomic E-state index is 0.865. The molecule has 8 rings (SSSR count). The highest BCUT2D eigenvalue weighted by molar-refractivity contribution is 7.26. The monoisotopic (exact) mass is 478 g/mol. The average Bonchev–Trinajstić information content (AvgIpc) is 3.57. The summed E-state index contributed by atoms with van der Waals surface area (Å²) in [5, 5.41) is 2.54. The van der Waals surface area contributed by atoms with Crippen LogP contribution in [-0.4, -0.2) is 9.97 Å². The Hall–Kier alpha value is -4.54. The van der Waals surface area contributed by atoms with Crippen LogP contribution in [0.1, 0.15) is 0 Å². The van der Waals surface area contributed by atoms with E-state index in [-0.39, 0.29) is 0 Å². The van der Waals surface area contributed by atoms with E-state index in [9.17, 15) is 0 Å².